The molecule has 104 valence electrons. The molecule has 0 bridgehead atoms. The Balaban J connectivity index is 1.80. The fourth-order valence-electron chi connectivity index (χ4n) is 2.29. The van der Waals surface area contributed by atoms with E-state index >= 15 is 0 Å². The van der Waals surface area contributed by atoms with Crippen LogP contribution >= 0.6 is 11.8 Å². The number of carbonyl (C=O) groups excluding carboxylic acids is 1. The molecular formula is C15H21NO2S. The first-order valence-corrected chi connectivity index (χ1v) is 7.64. The molecule has 0 saturated carbocycles. The first-order chi connectivity index (χ1) is 9.06. The SMILES string of the molecule is CC(C)CC(O)CNC(=O)C1Cc2ccccc2S1. The highest BCUT2D eigenvalue weighted by Crippen LogP contribution is 2.36. The topological polar surface area (TPSA) is 49.3 Å². The summed E-state index contributed by atoms with van der Waals surface area (Å²) in [5.41, 5.74) is 1.25. The van der Waals surface area contributed by atoms with Gasteiger partial charge in [0.1, 0.15) is 0 Å². The van der Waals surface area contributed by atoms with E-state index < -0.39 is 6.10 Å². The lowest BCUT2D eigenvalue weighted by Gasteiger charge is -2.15. The van der Waals surface area contributed by atoms with Crippen LogP contribution in [-0.2, 0) is 11.2 Å². The van der Waals surface area contributed by atoms with Gasteiger partial charge in [-0.1, -0.05) is 32.0 Å². The minimum Gasteiger partial charge on any atom is -0.391 e. The Kier molecular flexibility index (Phi) is 4.88. The van der Waals surface area contributed by atoms with Gasteiger partial charge in [-0.25, -0.2) is 0 Å². The fourth-order valence-corrected chi connectivity index (χ4v) is 3.51. The summed E-state index contributed by atoms with van der Waals surface area (Å²) in [6.07, 6.45) is 1.06. The Labute approximate surface area is 118 Å². The molecule has 2 atom stereocenters. The summed E-state index contributed by atoms with van der Waals surface area (Å²) < 4.78 is 0. The number of carbonyl (C=O) groups is 1. The molecule has 4 heteroatoms. The van der Waals surface area contributed by atoms with E-state index in [0.717, 1.165) is 12.8 Å². The predicted octanol–water partition coefficient (Wildman–Crippen LogP) is 2.23. The van der Waals surface area contributed by atoms with Crippen LogP contribution in [0.15, 0.2) is 29.2 Å². The molecule has 0 saturated heterocycles. The second-order valence-electron chi connectivity index (χ2n) is 5.45. The van der Waals surface area contributed by atoms with Crippen molar-refractivity contribution in [2.24, 2.45) is 5.92 Å². The van der Waals surface area contributed by atoms with Crippen molar-refractivity contribution in [2.45, 2.75) is 42.9 Å². The maximum atomic E-state index is 12.1. The van der Waals surface area contributed by atoms with Crippen LogP contribution in [0.2, 0.25) is 0 Å². The Hall–Kier alpha value is -1.00. The van der Waals surface area contributed by atoms with Gasteiger partial charge in [-0.3, -0.25) is 4.79 Å². The summed E-state index contributed by atoms with van der Waals surface area (Å²) in [6.45, 7) is 4.48. The number of aliphatic hydroxyl groups is 1. The van der Waals surface area contributed by atoms with E-state index in [9.17, 15) is 9.90 Å². The molecule has 2 unspecified atom stereocenters. The van der Waals surface area contributed by atoms with Crippen molar-refractivity contribution in [1.29, 1.82) is 0 Å². The Morgan fingerprint density at radius 1 is 1.47 bits per heavy atom. The lowest BCUT2D eigenvalue weighted by atomic mass is 10.1. The normalized spacial score (nSPS) is 19.3. The number of rotatable bonds is 5. The second kappa shape index (κ2) is 6.44. The maximum Gasteiger partial charge on any atom is 0.233 e. The second-order valence-corrected chi connectivity index (χ2v) is 6.69. The Morgan fingerprint density at radius 2 is 2.21 bits per heavy atom. The van der Waals surface area contributed by atoms with E-state index in [-0.39, 0.29) is 11.2 Å². The van der Waals surface area contributed by atoms with Crippen LogP contribution in [0.5, 0.6) is 0 Å². The number of fused-ring (bicyclic) bond motifs is 1. The van der Waals surface area contributed by atoms with Crippen molar-refractivity contribution in [3.63, 3.8) is 0 Å². The fraction of sp³-hybridized carbons (Fsp3) is 0.533. The number of hydrogen-bond acceptors (Lipinski definition) is 3. The van der Waals surface area contributed by atoms with Gasteiger partial charge in [0.05, 0.1) is 11.4 Å². The third-order valence-electron chi connectivity index (χ3n) is 3.19. The van der Waals surface area contributed by atoms with Gasteiger partial charge in [0.25, 0.3) is 0 Å². The highest BCUT2D eigenvalue weighted by Gasteiger charge is 2.27. The van der Waals surface area contributed by atoms with E-state index in [1.54, 1.807) is 11.8 Å². The predicted molar refractivity (Wildman–Crippen MR) is 78.3 cm³/mol. The van der Waals surface area contributed by atoms with E-state index in [1.165, 1.54) is 10.5 Å². The summed E-state index contributed by atoms with van der Waals surface area (Å²) in [5.74, 6) is 0.473. The first-order valence-electron chi connectivity index (χ1n) is 6.76. The third-order valence-corrected chi connectivity index (χ3v) is 4.51. The van der Waals surface area contributed by atoms with Crippen molar-refractivity contribution in [1.82, 2.24) is 5.32 Å². The van der Waals surface area contributed by atoms with Gasteiger partial charge < -0.3 is 10.4 Å². The molecule has 1 aromatic rings. The van der Waals surface area contributed by atoms with E-state index in [1.807, 2.05) is 12.1 Å². The summed E-state index contributed by atoms with van der Waals surface area (Å²) in [5, 5.41) is 12.6. The van der Waals surface area contributed by atoms with Gasteiger partial charge in [-0.05, 0) is 30.4 Å². The first kappa shape index (κ1) is 14.4. The average Bonchev–Trinajstić information content (AvgIpc) is 2.78. The lowest BCUT2D eigenvalue weighted by Crippen LogP contribution is -2.38. The van der Waals surface area contributed by atoms with Crippen LogP contribution in [0, 0.1) is 5.92 Å². The summed E-state index contributed by atoms with van der Waals surface area (Å²) in [7, 11) is 0. The van der Waals surface area contributed by atoms with Gasteiger partial charge in [0.15, 0.2) is 0 Å². The highest BCUT2D eigenvalue weighted by molar-refractivity contribution is 8.01. The average molecular weight is 279 g/mol. The summed E-state index contributed by atoms with van der Waals surface area (Å²) in [4.78, 5) is 13.3. The zero-order chi connectivity index (χ0) is 13.8. The van der Waals surface area contributed by atoms with Crippen LogP contribution < -0.4 is 5.32 Å². The van der Waals surface area contributed by atoms with Crippen LogP contribution in [0.3, 0.4) is 0 Å². The molecule has 1 aliphatic rings. The molecule has 1 aromatic carbocycles. The number of nitrogens with one attached hydrogen (secondary N) is 1. The van der Waals surface area contributed by atoms with Crippen LogP contribution in [0.4, 0.5) is 0 Å². The zero-order valence-electron chi connectivity index (χ0n) is 11.4. The lowest BCUT2D eigenvalue weighted by molar-refractivity contribution is -0.121. The van der Waals surface area contributed by atoms with E-state index in [0.29, 0.717) is 12.5 Å². The van der Waals surface area contributed by atoms with Gasteiger partial charge in [-0.2, -0.15) is 0 Å². The maximum absolute atomic E-state index is 12.1. The molecule has 3 nitrogen and oxygen atoms in total. The van der Waals surface area contributed by atoms with Crippen molar-refractivity contribution >= 4 is 17.7 Å². The minimum atomic E-state index is -0.447. The molecule has 0 fully saturated rings. The molecule has 1 heterocycles. The Bertz CT molecular complexity index is 423. The smallest absolute Gasteiger partial charge is 0.233 e. The molecule has 2 rings (SSSR count). The van der Waals surface area contributed by atoms with Crippen LogP contribution in [0.1, 0.15) is 25.8 Å². The zero-order valence-corrected chi connectivity index (χ0v) is 12.2. The van der Waals surface area contributed by atoms with Crippen molar-refractivity contribution in [3.05, 3.63) is 29.8 Å². The molecule has 0 aliphatic carbocycles. The number of amides is 1. The largest absolute Gasteiger partial charge is 0.391 e. The quantitative estimate of drug-likeness (QED) is 0.869. The standard InChI is InChI=1S/C15H21NO2S/c1-10(2)7-12(17)9-16-15(18)14-8-11-5-3-4-6-13(11)19-14/h3-6,10,12,14,17H,7-9H2,1-2H3,(H,16,18). The van der Waals surface area contributed by atoms with Gasteiger partial charge >= 0.3 is 0 Å². The molecular weight excluding hydrogens is 258 g/mol. The summed E-state index contributed by atoms with van der Waals surface area (Å²) >= 11 is 1.62. The number of benzene rings is 1. The van der Waals surface area contributed by atoms with E-state index in [4.69, 9.17) is 0 Å². The molecule has 19 heavy (non-hydrogen) atoms. The van der Waals surface area contributed by atoms with E-state index in [2.05, 4.69) is 31.3 Å². The molecule has 1 amide bonds. The molecule has 0 aromatic heterocycles. The van der Waals surface area contributed by atoms with Crippen molar-refractivity contribution in [2.75, 3.05) is 6.54 Å². The Morgan fingerprint density at radius 3 is 2.89 bits per heavy atom. The monoisotopic (exact) mass is 279 g/mol. The minimum absolute atomic E-state index is 0.0315. The van der Waals surface area contributed by atoms with Crippen LogP contribution in [0.25, 0.3) is 0 Å². The van der Waals surface area contributed by atoms with Gasteiger partial charge in [0.2, 0.25) is 5.91 Å². The number of aliphatic hydroxyl groups excluding tert-OH is 1. The van der Waals surface area contributed by atoms with Gasteiger partial charge in [-0.15, -0.1) is 11.8 Å². The number of hydrogen-bond donors (Lipinski definition) is 2. The van der Waals surface area contributed by atoms with Gasteiger partial charge in [0, 0.05) is 11.4 Å². The molecule has 0 spiro atoms. The molecule has 0 radical (unpaired) electrons. The van der Waals surface area contributed by atoms with Crippen LogP contribution in [-0.4, -0.2) is 28.9 Å². The van der Waals surface area contributed by atoms with Crippen molar-refractivity contribution < 1.29 is 9.90 Å². The highest BCUT2D eigenvalue weighted by atomic mass is 32.2. The molecule has 2 N–H and O–H groups in total. The van der Waals surface area contributed by atoms with Crippen molar-refractivity contribution in [3.8, 4) is 0 Å². The summed E-state index contributed by atoms with van der Waals surface area (Å²) in [6, 6.07) is 8.13. The molecule has 1 aliphatic heterocycles. The number of thioether (sulfide) groups is 1. The third kappa shape index (κ3) is 3.98.